The van der Waals surface area contributed by atoms with Crippen LogP contribution in [0.15, 0.2) is 60.7 Å². The van der Waals surface area contributed by atoms with Crippen molar-refractivity contribution < 1.29 is 47.3 Å². The number of nitrogens with one attached hydrogen (secondary N) is 2. The minimum absolute atomic E-state index is 0.0425. The van der Waals surface area contributed by atoms with Gasteiger partial charge in [-0.2, -0.15) is 0 Å². The molecular weight excluding hydrogens is 508 g/mol. The summed E-state index contributed by atoms with van der Waals surface area (Å²) in [6.07, 6.45) is -1.35. The van der Waals surface area contributed by atoms with Crippen LogP contribution in [0, 0.1) is 0 Å². The maximum atomic E-state index is 12.1. The summed E-state index contributed by atoms with van der Waals surface area (Å²) in [4.78, 5) is 70.7. The van der Waals surface area contributed by atoms with Crippen LogP contribution < -0.4 is 10.6 Å². The molecule has 196 valence electrons. The molecule has 0 aliphatic heterocycles. The fourth-order valence-electron chi connectivity index (χ4n) is 2.88. The number of carbonyl (C=O) groups is 6. The molecule has 0 fully saturated rings. The van der Waals surface area contributed by atoms with Gasteiger partial charge < -0.3 is 29.2 Å². The minimum atomic E-state index is -1.35. The Kier molecular flexibility index (Phi) is 11.6. The molecule has 0 unspecified atom stereocenters. The van der Waals surface area contributed by atoms with Gasteiger partial charge in [0.1, 0.15) is 12.1 Å². The summed E-state index contributed by atoms with van der Waals surface area (Å²) < 4.78 is 9.30. The number of aliphatic carboxylic acids is 2. The number of amides is 2. The van der Waals surface area contributed by atoms with Gasteiger partial charge in [0.05, 0.1) is 0 Å². The van der Waals surface area contributed by atoms with E-state index in [4.69, 9.17) is 0 Å². The van der Waals surface area contributed by atoms with E-state index >= 15 is 0 Å². The predicted octanol–water partition coefficient (Wildman–Crippen LogP) is 1.96. The summed E-state index contributed by atoms with van der Waals surface area (Å²) in [5.74, 6) is -5.74. The monoisotopic (exact) mass is 532 g/mol. The van der Waals surface area contributed by atoms with Crippen LogP contribution in [0.1, 0.15) is 46.4 Å². The molecule has 4 N–H and O–H groups in total. The van der Waals surface area contributed by atoms with E-state index in [1.165, 1.54) is 24.3 Å². The Morgan fingerprint density at radius 2 is 1.00 bits per heavy atom. The SMILES string of the molecule is O=C(CC[C@H](NC(=O)c1ccccc1)C(=O)O)OSOC(=O)CC[C@H](NC(=O)c1ccccc1)C(=O)O. The number of hydrogen-bond donors (Lipinski definition) is 4. The van der Waals surface area contributed by atoms with Crippen LogP contribution in [0.4, 0.5) is 0 Å². The Balaban J connectivity index is 1.70. The van der Waals surface area contributed by atoms with Gasteiger partial charge in [-0.1, -0.05) is 36.4 Å². The molecule has 0 aromatic heterocycles. The molecule has 2 amide bonds. The molecule has 0 aliphatic rings. The number of hydrogen-bond acceptors (Lipinski definition) is 9. The molecule has 37 heavy (non-hydrogen) atoms. The molecule has 0 radical (unpaired) electrons. The van der Waals surface area contributed by atoms with E-state index in [2.05, 4.69) is 19.0 Å². The van der Waals surface area contributed by atoms with E-state index in [0.29, 0.717) is 0 Å². The predicted molar refractivity (Wildman–Crippen MR) is 129 cm³/mol. The third kappa shape index (κ3) is 10.4. The second-order valence-electron chi connectivity index (χ2n) is 7.52. The van der Waals surface area contributed by atoms with Crippen LogP contribution >= 0.6 is 12.3 Å². The average molecular weight is 533 g/mol. The van der Waals surface area contributed by atoms with Crippen LogP contribution in [-0.4, -0.2) is 58.0 Å². The lowest BCUT2D eigenvalue weighted by Gasteiger charge is -2.14. The first-order valence-electron chi connectivity index (χ1n) is 10.9. The molecule has 0 aliphatic carbocycles. The van der Waals surface area contributed by atoms with Crippen molar-refractivity contribution in [2.24, 2.45) is 0 Å². The fourth-order valence-corrected chi connectivity index (χ4v) is 3.23. The van der Waals surface area contributed by atoms with Gasteiger partial charge in [0.2, 0.25) is 0 Å². The van der Waals surface area contributed by atoms with E-state index in [1.807, 2.05) is 0 Å². The van der Waals surface area contributed by atoms with Gasteiger partial charge in [0.25, 0.3) is 24.1 Å². The van der Waals surface area contributed by atoms with Crippen molar-refractivity contribution in [3.8, 4) is 0 Å². The number of carboxylic acid groups (broad SMARTS) is 2. The third-order valence-electron chi connectivity index (χ3n) is 4.81. The van der Waals surface area contributed by atoms with Gasteiger partial charge in [0, 0.05) is 24.0 Å². The Bertz CT molecular complexity index is 1020. The zero-order chi connectivity index (χ0) is 27.2. The second kappa shape index (κ2) is 14.9. The van der Waals surface area contributed by atoms with Crippen molar-refractivity contribution in [3.63, 3.8) is 0 Å². The van der Waals surface area contributed by atoms with Gasteiger partial charge in [-0.15, -0.1) is 0 Å². The Labute approximate surface area is 215 Å². The smallest absolute Gasteiger partial charge is 0.326 e. The molecule has 0 saturated carbocycles. The first-order chi connectivity index (χ1) is 17.7. The highest BCUT2D eigenvalue weighted by Gasteiger charge is 2.24. The molecule has 2 aromatic carbocycles. The summed E-state index contributed by atoms with van der Waals surface area (Å²) in [5, 5.41) is 23.2. The lowest BCUT2D eigenvalue weighted by Crippen LogP contribution is -2.41. The molecule has 0 bridgehead atoms. The second-order valence-corrected chi connectivity index (χ2v) is 7.99. The molecule has 12 nitrogen and oxygen atoms in total. The highest BCUT2D eigenvalue weighted by atomic mass is 32.2. The van der Waals surface area contributed by atoms with Gasteiger partial charge in [-0.05, 0) is 37.1 Å². The van der Waals surface area contributed by atoms with Crippen molar-refractivity contribution in [3.05, 3.63) is 71.8 Å². The van der Waals surface area contributed by atoms with E-state index in [-0.39, 0.29) is 36.3 Å². The van der Waals surface area contributed by atoms with Gasteiger partial charge in [-0.25, -0.2) is 9.59 Å². The van der Waals surface area contributed by atoms with Gasteiger partial charge in [-0.3, -0.25) is 19.2 Å². The summed E-state index contributed by atoms with van der Waals surface area (Å²) in [6, 6.07) is 13.2. The van der Waals surface area contributed by atoms with Crippen LogP contribution in [0.25, 0.3) is 0 Å². The van der Waals surface area contributed by atoms with Crippen LogP contribution in [0.3, 0.4) is 0 Å². The molecule has 2 aromatic rings. The fraction of sp³-hybridized carbons (Fsp3) is 0.250. The standard InChI is InChI=1S/C24H24N2O10S/c27-19(13-11-17(23(31)32)25-21(29)15-7-3-1-4-8-15)35-37-36-20(28)14-12-18(24(33)34)26-22(30)16-9-5-2-6-10-16/h1-10,17-18H,11-14H2,(H,25,29)(H,26,30)(H,31,32)(H,33,34)/t17-,18-/m0/s1. The number of rotatable bonds is 14. The highest BCUT2D eigenvalue weighted by molar-refractivity contribution is 7.90. The van der Waals surface area contributed by atoms with Crippen LogP contribution in [0.5, 0.6) is 0 Å². The maximum absolute atomic E-state index is 12.1. The number of carbonyl (C=O) groups excluding carboxylic acids is 4. The molecule has 13 heteroatoms. The van der Waals surface area contributed by atoms with Crippen molar-refractivity contribution in [2.45, 2.75) is 37.8 Å². The lowest BCUT2D eigenvalue weighted by atomic mass is 10.1. The quantitative estimate of drug-likeness (QED) is 0.261. The lowest BCUT2D eigenvalue weighted by molar-refractivity contribution is -0.141. The normalized spacial score (nSPS) is 11.9. The first-order valence-corrected chi connectivity index (χ1v) is 11.6. The van der Waals surface area contributed by atoms with E-state index in [9.17, 15) is 39.0 Å². The van der Waals surface area contributed by atoms with Gasteiger partial charge in [0.15, 0.2) is 0 Å². The largest absolute Gasteiger partial charge is 0.480 e. The van der Waals surface area contributed by atoms with Crippen molar-refractivity contribution >= 4 is 48.0 Å². The zero-order valence-electron chi connectivity index (χ0n) is 19.3. The molecule has 2 atom stereocenters. The van der Waals surface area contributed by atoms with Crippen molar-refractivity contribution in [2.75, 3.05) is 0 Å². The molecule has 2 rings (SSSR count). The average Bonchev–Trinajstić information content (AvgIpc) is 2.89. The minimum Gasteiger partial charge on any atom is -0.480 e. The van der Waals surface area contributed by atoms with Crippen LogP contribution in [0.2, 0.25) is 0 Å². The topological polar surface area (TPSA) is 185 Å². The first kappa shape index (κ1) is 28.8. The Hall–Kier alpha value is -4.39. The van der Waals surface area contributed by atoms with E-state index in [0.717, 1.165) is 0 Å². The number of carboxylic acids is 2. The number of benzene rings is 2. The zero-order valence-corrected chi connectivity index (χ0v) is 20.1. The highest BCUT2D eigenvalue weighted by Crippen LogP contribution is 2.12. The van der Waals surface area contributed by atoms with Gasteiger partial charge >= 0.3 is 23.9 Å². The summed E-state index contributed by atoms with van der Waals surface area (Å²) in [5.41, 5.74) is 0.507. The molecule has 0 heterocycles. The molecule has 0 spiro atoms. The van der Waals surface area contributed by atoms with Crippen molar-refractivity contribution in [1.82, 2.24) is 10.6 Å². The van der Waals surface area contributed by atoms with Crippen molar-refractivity contribution in [1.29, 1.82) is 0 Å². The molecular formula is C24H24N2O10S. The van der Waals surface area contributed by atoms with E-state index < -0.39 is 60.6 Å². The summed E-state index contributed by atoms with van der Waals surface area (Å²) >= 11 is 0.0425. The molecule has 0 saturated heterocycles. The summed E-state index contributed by atoms with van der Waals surface area (Å²) in [7, 11) is 0. The van der Waals surface area contributed by atoms with Crippen LogP contribution in [-0.2, 0) is 27.5 Å². The maximum Gasteiger partial charge on any atom is 0.326 e. The summed E-state index contributed by atoms with van der Waals surface area (Å²) in [6.45, 7) is 0. The van der Waals surface area contributed by atoms with E-state index in [1.54, 1.807) is 36.4 Å². The Morgan fingerprint density at radius 3 is 1.32 bits per heavy atom. The third-order valence-corrected chi connectivity index (χ3v) is 5.31. The Morgan fingerprint density at radius 1 is 0.649 bits per heavy atom.